The minimum atomic E-state index is -0.742. The molecule has 1 aromatic heterocycles. The summed E-state index contributed by atoms with van der Waals surface area (Å²) in [4.78, 5) is 40.5. The molecule has 1 unspecified atom stereocenters. The predicted molar refractivity (Wildman–Crippen MR) is 83.6 cm³/mol. The van der Waals surface area contributed by atoms with Crippen LogP contribution in [0.25, 0.3) is 0 Å². The second kappa shape index (κ2) is 7.30. The molecule has 4 amide bonds. The van der Waals surface area contributed by atoms with Gasteiger partial charge in [-0.05, 0) is 32.4 Å². The Labute approximate surface area is 135 Å². The number of urea groups is 1. The first-order chi connectivity index (χ1) is 11.0. The number of imide groups is 1. The van der Waals surface area contributed by atoms with Gasteiger partial charge in [0.05, 0.1) is 6.26 Å². The second-order valence-corrected chi connectivity index (χ2v) is 5.70. The van der Waals surface area contributed by atoms with Gasteiger partial charge in [-0.15, -0.1) is 0 Å². The van der Waals surface area contributed by atoms with Gasteiger partial charge >= 0.3 is 17.8 Å². The summed E-state index contributed by atoms with van der Waals surface area (Å²) in [6.45, 7) is 4.83. The molecule has 0 aromatic carbocycles. The molecule has 1 saturated heterocycles. The molecule has 7 heteroatoms. The van der Waals surface area contributed by atoms with Crippen LogP contribution in [0.4, 0.5) is 4.79 Å². The maximum Gasteiger partial charge on any atom is 0.327 e. The zero-order valence-corrected chi connectivity index (χ0v) is 13.8. The summed E-state index contributed by atoms with van der Waals surface area (Å²) in [6.07, 6.45) is 3.04. The molecule has 1 fully saturated rings. The molecule has 2 rings (SSSR count). The molecule has 0 bridgehead atoms. The summed E-state index contributed by atoms with van der Waals surface area (Å²) in [7, 11) is 1.65. The standard InChI is InChI=1S/C16H23N3O4/c1-4-18-9-10-19(15(21)14(18)20)16(22)17(3)12(2)7-8-13-6-5-11-23-13/h5-6,11-12H,4,7-10H2,1-3H3. The van der Waals surface area contributed by atoms with Crippen molar-refractivity contribution in [3.05, 3.63) is 24.2 Å². The summed E-state index contributed by atoms with van der Waals surface area (Å²) in [5.41, 5.74) is 0. The van der Waals surface area contributed by atoms with E-state index in [0.717, 1.165) is 10.7 Å². The van der Waals surface area contributed by atoms with Gasteiger partial charge in [-0.1, -0.05) is 0 Å². The first-order valence-electron chi connectivity index (χ1n) is 7.85. The van der Waals surface area contributed by atoms with Gasteiger partial charge in [0.1, 0.15) is 5.76 Å². The number of aryl methyl sites for hydroxylation is 1. The second-order valence-electron chi connectivity index (χ2n) is 5.70. The number of likely N-dealkylation sites (N-methyl/N-ethyl adjacent to an activating group) is 1. The molecule has 1 aromatic rings. The number of rotatable bonds is 5. The predicted octanol–water partition coefficient (Wildman–Crippen LogP) is 1.34. The smallest absolute Gasteiger partial charge is 0.327 e. The van der Waals surface area contributed by atoms with E-state index in [4.69, 9.17) is 4.42 Å². The van der Waals surface area contributed by atoms with Crippen LogP contribution in [-0.2, 0) is 16.0 Å². The molecule has 1 aliphatic heterocycles. The van der Waals surface area contributed by atoms with Crippen molar-refractivity contribution < 1.29 is 18.8 Å². The highest BCUT2D eigenvalue weighted by Gasteiger charge is 2.37. The van der Waals surface area contributed by atoms with Gasteiger partial charge in [-0.25, -0.2) is 4.79 Å². The SMILES string of the molecule is CCN1CCN(C(=O)N(C)C(C)CCc2ccco2)C(=O)C1=O. The van der Waals surface area contributed by atoms with Gasteiger partial charge in [0.15, 0.2) is 0 Å². The van der Waals surface area contributed by atoms with Crippen LogP contribution < -0.4 is 0 Å². The summed E-state index contributed by atoms with van der Waals surface area (Å²) in [5, 5.41) is 0. The van der Waals surface area contributed by atoms with Gasteiger partial charge in [-0.3, -0.25) is 14.5 Å². The lowest BCUT2D eigenvalue weighted by atomic mass is 10.1. The molecule has 0 N–H and O–H groups in total. The summed E-state index contributed by atoms with van der Waals surface area (Å²) in [5.74, 6) is -0.488. The van der Waals surface area contributed by atoms with Crippen molar-refractivity contribution in [3.8, 4) is 0 Å². The van der Waals surface area contributed by atoms with Gasteiger partial charge in [0, 0.05) is 39.1 Å². The molecule has 0 aliphatic carbocycles. The maximum absolute atomic E-state index is 12.5. The lowest BCUT2D eigenvalue weighted by molar-refractivity contribution is -0.153. The molecular formula is C16H23N3O4. The third-order valence-corrected chi connectivity index (χ3v) is 4.27. The molecule has 0 radical (unpaired) electrons. The Kier molecular flexibility index (Phi) is 5.41. The Morgan fingerprint density at radius 1 is 1.35 bits per heavy atom. The highest BCUT2D eigenvalue weighted by molar-refractivity contribution is 6.38. The Hall–Kier alpha value is -2.31. The largest absolute Gasteiger partial charge is 0.469 e. The van der Waals surface area contributed by atoms with Crippen LogP contribution in [0.3, 0.4) is 0 Å². The Bertz CT molecular complexity index is 570. The number of furan rings is 1. The van der Waals surface area contributed by atoms with Crippen molar-refractivity contribution in [3.63, 3.8) is 0 Å². The average Bonchev–Trinajstić information content (AvgIpc) is 3.07. The van der Waals surface area contributed by atoms with Gasteiger partial charge in [-0.2, -0.15) is 0 Å². The lowest BCUT2D eigenvalue weighted by Crippen LogP contribution is -2.59. The number of hydrogen-bond donors (Lipinski definition) is 0. The van der Waals surface area contributed by atoms with E-state index >= 15 is 0 Å². The van der Waals surface area contributed by atoms with Crippen molar-refractivity contribution in [1.29, 1.82) is 0 Å². The van der Waals surface area contributed by atoms with E-state index in [1.807, 2.05) is 26.0 Å². The minimum absolute atomic E-state index is 0.0697. The maximum atomic E-state index is 12.5. The number of amides is 4. The summed E-state index contributed by atoms with van der Waals surface area (Å²) < 4.78 is 5.28. The van der Waals surface area contributed by atoms with E-state index in [0.29, 0.717) is 25.9 Å². The van der Waals surface area contributed by atoms with Crippen LogP contribution in [-0.4, -0.2) is 65.3 Å². The molecule has 23 heavy (non-hydrogen) atoms. The zero-order chi connectivity index (χ0) is 17.0. The van der Waals surface area contributed by atoms with E-state index in [9.17, 15) is 14.4 Å². The van der Waals surface area contributed by atoms with E-state index in [1.54, 1.807) is 13.3 Å². The fourth-order valence-corrected chi connectivity index (χ4v) is 2.54. The number of hydrogen-bond acceptors (Lipinski definition) is 4. The lowest BCUT2D eigenvalue weighted by Gasteiger charge is -2.35. The molecule has 1 atom stereocenters. The van der Waals surface area contributed by atoms with Crippen LogP contribution in [0, 0.1) is 0 Å². The fraction of sp³-hybridized carbons (Fsp3) is 0.562. The number of carbonyl (C=O) groups excluding carboxylic acids is 3. The Balaban J connectivity index is 1.93. The molecule has 126 valence electrons. The number of piperazine rings is 1. The summed E-state index contributed by atoms with van der Waals surface area (Å²) in [6, 6.07) is 3.22. The summed E-state index contributed by atoms with van der Waals surface area (Å²) >= 11 is 0. The van der Waals surface area contributed by atoms with Crippen LogP contribution in [0.5, 0.6) is 0 Å². The molecule has 1 aliphatic rings. The molecule has 7 nitrogen and oxygen atoms in total. The first kappa shape index (κ1) is 17.1. The Morgan fingerprint density at radius 2 is 2.09 bits per heavy atom. The average molecular weight is 321 g/mol. The van der Waals surface area contributed by atoms with Crippen LogP contribution in [0.2, 0.25) is 0 Å². The van der Waals surface area contributed by atoms with E-state index in [2.05, 4.69) is 0 Å². The highest BCUT2D eigenvalue weighted by atomic mass is 16.3. The van der Waals surface area contributed by atoms with Crippen LogP contribution in [0.15, 0.2) is 22.8 Å². The highest BCUT2D eigenvalue weighted by Crippen LogP contribution is 2.13. The van der Waals surface area contributed by atoms with E-state index < -0.39 is 17.8 Å². The van der Waals surface area contributed by atoms with Gasteiger partial charge < -0.3 is 14.2 Å². The van der Waals surface area contributed by atoms with Gasteiger partial charge in [0.25, 0.3) is 0 Å². The van der Waals surface area contributed by atoms with Crippen molar-refractivity contribution in [2.45, 2.75) is 32.7 Å². The quantitative estimate of drug-likeness (QED) is 0.767. The minimum Gasteiger partial charge on any atom is -0.469 e. The molecule has 2 heterocycles. The molecule has 0 saturated carbocycles. The monoisotopic (exact) mass is 321 g/mol. The van der Waals surface area contributed by atoms with Gasteiger partial charge in [0.2, 0.25) is 0 Å². The fourth-order valence-electron chi connectivity index (χ4n) is 2.54. The third kappa shape index (κ3) is 3.72. The number of nitrogens with zero attached hydrogens (tertiary/aromatic N) is 3. The number of carbonyl (C=O) groups is 3. The van der Waals surface area contributed by atoms with Crippen LogP contribution in [0.1, 0.15) is 26.0 Å². The zero-order valence-electron chi connectivity index (χ0n) is 13.8. The third-order valence-electron chi connectivity index (χ3n) is 4.27. The normalized spacial score (nSPS) is 16.7. The van der Waals surface area contributed by atoms with Crippen molar-refractivity contribution in [2.75, 3.05) is 26.7 Å². The van der Waals surface area contributed by atoms with E-state index in [1.165, 1.54) is 9.80 Å². The topological polar surface area (TPSA) is 74.1 Å². The van der Waals surface area contributed by atoms with E-state index in [-0.39, 0.29) is 12.6 Å². The first-order valence-corrected chi connectivity index (χ1v) is 7.85. The molecule has 0 spiro atoms. The van der Waals surface area contributed by atoms with Crippen molar-refractivity contribution >= 4 is 17.8 Å². The Morgan fingerprint density at radius 3 is 2.70 bits per heavy atom. The van der Waals surface area contributed by atoms with Crippen molar-refractivity contribution in [1.82, 2.24) is 14.7 Å². The van der Waals surface area contributed by atoms with Crippen LogP contribution >= 0.6 is 0 Å². The molecular weight excluding hydrogens is 298 g/mol. The van der Waals surface area contributed by atoms with Crippen molar-refractivity contribution in [2.24, 2.45) is 0 Å².